The first-order chi connectivity index (χ1) is 18.2. The van der Waals surface area contributed by atoms with Gasteiger partial charge in [0.1, 0.15) is 6.54 Å². The molecule has 1 saturated heterocycles. The first-order valence-corrected chi connectivity index (χ1v) is 12.6. The molecular weight excluding hydrogens is 535 g/mol. The summed E-state index contributed by atoms with van der Waals surface area (Å²) < 4.78 is 25.2. The molecule has 0 spiro atoms. The van der Waals surface area contributed by atoms with Crippen molar-refractivity contribution in [2.45, 2.75) is 20.8 Å². The number of thioether (sulfide) groups is 1. The topological polar surface area (TPSA) is 111 Å². The number of hydrogen-bond acceptors (Lipinski definition) is 8. The molecular formula is C26H22ClFN4O5S. The van der Waals surface area contributed by atoms with Crippen molar-refractivity contribution in [2.24, 2.45) is 0 Å². The van der Waals surface area contributed by atoms with Crippen LogP contribution in [0.1, 0.15) is 23.6 Å². The van der Waals surface area contributed by atoms with Gasteiger partial charge in [0.2, 0.25) is 17.0 Å². The highest BCUT2D eigenvalue weighted by Gasteiger charge is 2.36. The summed E-state index contributed by atoms with van der Waals surface area (Å²) in [6.07, 6.45) is 2.39. The summed E-state index contributed by atoms with van der Waals surface area (Å²) in [5.41, 5.74) is 2.91. The van der Waals surface area contributed by atoms with Crippen molar-refractivity contribution < 1.29 is 28.2 Å². The SMILES string of the molecule is CCOc1cc(/C=C2/SC(=O)N(CC(=O)Nc3c(C)cccc3C)C2=O)ccc1Oc1nc(Cl)ncc1F. The van der Waals surface area contributed by atoms with E-state index in [9.17, 15) is 18.8 Å². The lowest BCUT2D eigenvalue weighted by Crippen LogP contribution is -2.36. The quantitative estimate of drug-likeness (QED) is 0.276. The van der Waals surface area contributed by atoms with E-state index in [2.05, 4.69) is 15.3 Å². The van der Waals surface area contributed by atoms with Crippen LogP contribution in [0, 0.1) is 19.7 Å². The molecule has 1 fully saturated rings. The minimum Gasteiger partial charge on any atom is -0.490 e. The lowest BCUT2D eigenvalue weighted by Gasteiger charge is -2.15. The number of aromatic nitrogens is 2. The van der Waals surface area contributed by atoms with E-state index < -0.39 is 29.4 Å². The Hall–Kier alpha value is -3.96. The van der Waals surface area contributed by atoms with E-state index in [-0.39, 0.29) is 34.2 Å². The number of carbonyl (C=O) groups excluding carboxylic acids is 3. The fourth-order valence-electron chi connectivity index (χ4n) is 3.60. The highest BCUT2D eigenvalue weighted by molar-refractivity contribution is 8.18. The zero-order valence-electron chi connectivity index (χ0n) is 20.6. The van der Waals surface area contributed by atoms with Crippen LogP contribution in [0.4, 0.5) is 14.9 Å². The number of para-hydroxylation sites is 1. The van der Waals surface area contributed by atoms with Gasteiger partial charge in [-0.3, -0.25) is 19.3 Å². The van der Waals surface area contributed by atoms with Gasteiger partial charge in [-0.05, 0) is 79.0 Å². The van der Waals surface area contributed by atoms with Crippen LogP contribution in [-0.2, 0) is 9.59 Å². The van der Waals surface area contributed by atoms with Gasteiger partial charge in [0.25, 0.3) is 17.0 Å². The smallest absolute Gasteiger partial charge is 0.294 e. The highest BCUT2D eigenvalue weighted by atomic mass is 35.5. The van der Waals surface area contributed by atoms with Crippen LogP contribution in [0.15, 0.2) is 47.5 Å². The van der Waals surface area contributed by atoms with Crippen molar-refractivity contribution >= 4 is 52.2 Å². The van der Waals surface area contributed by atoms with Crippen LogP contribution in [0.2, 0.25) is 5.28 Å². The molecule has 1 aliphatic heterocycles. The summed E-state index contributed by atoms with van der Waals surface area (Å²) in [6, 6.07) is 10.3. The second-order valence-corrected chi connectivity index (χ2v) is 9.45. The van der Waals surface area contributed by atoms with Crippen molar-refractivity contribution in [1.82, 2.24) is 14.9 Å². The molecule has 0 saturated carbocycles. The minimum atomic E-state index is -0.809. The molecule has 196 valence electrons. The van der Waals surface area contributed by atoms with E-state index in [0.29, 0.717) is 11.3 Å². The van der Waals surface area contributed by atoms with Crippen LogP contribution in [0.3, 0.4) is 0 Å². The fraction of sp³-hybridized carbons (Fsp3) is 0.192. The van der Waals surface area contributed by atoms with Gasteiger partial charge in [-0.25, -0.2) is 4.98 Å². The number of anilines is 1. The van der Waals surface area contributed by atoms with Gasteiger partial charge < -0.3 is 14.8 Å². The second-order valence-electron chi connectivity index (χ2n) is 8.12. The summed E-state index contributed by atoms with van der Waals surface area (Å²) in [7, 11) is 0. The number of nitrogens with zero attached hydrogens (tertiary/aromatic N) is 3. The lowest BCUT2D eigenvalue weighted by molar-refractivity contribution is -0.127. The number of halogens is 2. The van der Waals surface area contributed by atoms with Crippen molar-refractivity contribution in [3.05, 3.63) is 75.3 Å². The summed E-state index contributed by atoms with van der Waals surface area (Å²) in [4.78, 5) is 46.4. The summed E-state index contributed by atoms with van der Waals surface area (Å²) in [5, 5.41) is 2.04. The molecule has 3 amide bonds. The fourth-order valence-corrected chi connectivity index (χ4v) is 4.56. The number of imide groups is 1. The van der Waals surface area contributed by atoms with Gasteiger partial charge in [0.05, 0.1) is 17.7 Å². The van der Waals surface area contributed by atoms with E-state index >= 15 is 0 Å². The van der Waals surface area contributed by atoms with Crippen molar-refractivity contribution in [2.75, 3.05) is 18.5 Å². The molecule has 9 nitrogen and oxygen atoms in total. The number of amides is 3. The van der Waals surface area contributed by atoms with Crippen molar-refractivity contribution in [3.8, 4) is 17.4 Å². The van der Waals surface area contributed by atoms with Crippen molar-refractivity contribution in [3.63, 3.8) is 0 Å². The molecule has 0 unspecified atom stereocenters. The van der Waals surface area contributed by atoms with Gasteiger partial charge in [0.15, 0.2) is 11.5 Å². The van der Waals surface area contributed by atoms with Gasteiger partial charge in [-0.1, -0.05) is 24.3 Å². The van der Waals surface area contributed by atoms with Crippen LogP contribution in [0.25, 0.3) is 6.08 Å². The van der Waals surface area contributed by atoms with Crippen LogP contribution < -0.4 is 14.8 Å². The van der Waals surface area contributed by atoms with Crippen LogP contribution in [0.5, 0.6) is 17.4 Å². The Morgan fingerprint density at radius 2 is 1.92 bits per heavy atom. The zero-order valence-corrected chi connectivity index (χ0v) is 22.2. The molecule has 1 N–H and O–H groups in total. The molecule has 0 aliphatic carbocycles. The molecule has 4 rings (SSSR count). The largest absolute Gasteiger partial charge is 0.490 e. The monoisotopic (exact) mass is 556 g/mol. The zero-order chi connectivity index (χ0) is 27.4. The number of ether oxygens (including phenoxy) is 2. The Kier molecular flexibility index (Phi) is 8.28. The van der Waals surface area contributed by atoms with E-state index in [4.69, 9.17) is 21.1 Å². The Morgan fingerprint density at radius 1 is 1.18 bits per heavy atom. The maximum absolute atomic E-state index is 14.0. The molecule has 0 atom stereocenters. The molecule has 0 bridgehead atoms. The molecule has 0 radical (unpaired) electrons. The highest BCUT2D eigenvalue weighted by Crippen LogP contribution is 2.36. The maximum Gasteiger partial charge on any atom is 0.294 e. The Morgan fingerprint density at radius 3 is 2.63 bits per heavy atom. The average Bonchev–Trinajstić information content (AvgIpc) is 3.12. The number of hydrogen-bond donors (Lipinski definition) is 1. The Labute approximate surface area is 227 Å². The van der Waals surface area contributed by atoms with Crippen LogP contribution >= 0.6 is 23.4 Å². The third-order valence-corrected chi connectivity index (χ3v) is 6.46. The Balaban J connectivity index is 1.51. The molecule has 2 heterocycles. The summed E-state index contributed by atoms with van der Waals surface area (Å²) >= 11 is 6.45. The maximum atomic E-state index is 14.0. The van der Waals surface area contributed by atoms with E-state index in [0.717, 1.165) is 34.0 Å². The molecule has 12 heteroatoms. The number of carbonyl (C=O) groups is 3. The normalized spacial score (nSPS) is 14.2. The molecule has 38 heavy (non-hydrogen) atoms. The average molecular weight is 557 g/mol. The number of rotatable bonds is 8. The van der Waals surface area contributed by atoms with Crippen molar-refractivity contribution in [1.29, 1.82) is 0 Å². The predicted molar refractivity (Wildman–Crippen MR) is 142 cm³/mol. The third kappa shape index (κ3) is 6.12. The van der Waals surface area contributed by atoms with E-state index in [1.807, 2.05) is 32.0 Å². The summed E-state index contributed by atoms with van der Waals surface area (Å²) in [5.74, 6) is -1.84. The third-order valence-electron chi connectivity index (χ3n) is 5.38. The summed E-state index contributed by atoms with van der Waals surface area (Å²) in [6.45, 7) is 5.33. The van der Waals surface area contributed by atoms with Gasteiger partial charge in [-0.15, -0.1) is 0 Å². The molecule has 1 aromatic heterocycles. The number of aryl methyl sites for hydroxylation is 2. The first-order valence-electron chi connectivity index (χ1n) is 11.4. The number of benzene rings is 2. The van der Waals surface area contributed by atoms with Gasteiger partial charge >= 0.3 is 0 Å². The van der Waals surface area contributed by atoms with E-state index in [1.54, 1.807) is 19.1 Å². The lowest BCUT2D eigenvalue weighted by atomic mass is 10.1. The second kappa shape index (κ2) is 11.6. The molecule has 1 aliphatic rings. The van der Waals surface area contributed by atoms with E-state index in [1.165, 1.54) is 12.1 Å². The van der Waals surface area contributed by atoms with Crippen LogP contribution in [-0.4, -0.2) is 45.1 Å². The standard InChI is InChI=1S/C26H22ClFN4O5S/c1-4-36-19-10-16(8-9-18(19)37-23-17(28)12-29-25(27)31-23)11-20-24(34)32(26(35)38-20)13-21(33)30-22-14(2)6-5-7-15(22)3/h5-12H,4,13H2,1-3H3,(H,30,33)/b20-11+. The first kappa shape index (κ1) is 27.1. The molecule has 2 aromatic carbocycles. The van der Waals surface area contributed by atoms with Gasteiger partial charge in [-0.2, -0.15) is 9.37 Å². The Bertz CT molecular complexity index is 1450. The number of nitrogens with one attached hydrogen (secondary N) is 1. The molecule has 3 aromatic rings. The predicted octanol–water partition coefficient (Wildman–Crippen LogP) is 5.75. The van der Waals surface area contributed by atoms with Gasteiger partial charge in [0, 0.05) is 5.69 Å². The minimum absolute atomic E-state index is 0.139.